The standard InChI is InChI=1S/C15H14N2O2S/c1-3-11-4-6-12(7-5-11)14-17-13(9-20-14)15(18)19-10(2)8-16/h4-7,9-10H,3H2,1-2H3/t10-/m1/s1. The van der Waals surface area contributed by atoms with Gasteiger partial charge in [0, 0.05) is 10.9 Å². The van der Waals surface area contributed by atoms with E-state index < -0.39 is 12.1 Å². The van der Waals surface area contributed by atoms with Crippen molar-refractivity contribution in [2.24, 2.45) is 0 Å². The predicted molar refractivity (Wildman–Crippen MR) is 77.4 cm³/mol. The average molecular weight is 286 g/mol. The third-order valence-corrected chi connectivity index (χ3v) is 3.68. The zero-order valence-electron chi connectivity index (χ0n) is 11.3. The molecule has 1 aromatic heterocycles. The summed E-state index contributed by atoms with van der Waals surface area (Å²) in [5.74, 6) is -0.563. The van der Waals surface area contributed by atoms with Gasteiger partial charge in [-0.2, -0.15) is 5.26 Å². The molecule has 2 aromatic rings. The van der Waals surface area contributed by atoms with Gasteiger partial charge in [-0.15, -0.1) is 11.3 Å². The highest BCUT2D eigenvalue weighted by molar-refractivity contribution is 7.13. The summed E-state index contributed by atoms with van der Waals surface area (Å²) in [6.07, 6.45) is 0.221. The van der Waals surface area contributed by atoms with Gasteiger partial charge < -0.3 is 4.74 Å². The first kappa shape index (κ1) is 14.2. The number of nitrogens with zero attached hydrogens (tertiary/aromatic N) is 2. The van der Waals surface area contributed by atoms with Gasteiger partial charge in [-0.3, -0.25) is 0 Å². The molecule has 4 nitrogen and oxygen atoms in total. The molecule has 0 radical (unpaired) electrons. The lowest BCUT2D eigenvalue weighted by atomic mass is 10.1. The Labute approximate surface area is 121 Å². The van der Waals surface area contributed by atoms with Crippen LogP contribution < -0.4 is 0 Å². The number of rotatable bonds is 4. The highest BCUT2D eigenvalue weighted by Gasteiger charge is 2.15. The fraction of sp³-hybridized carbons (Fsp3) is 0.267. The highest BCUT2D eigenvalue weighted by Crippen LogP contribution is 2.24. The smallest absolute Gasteiger partial charge is 0.359 e. The lowest BCUT2D eigenvalue weighted by Gasteiger charge is -2.02. The number of esters is 1. The minimum absolute atomic E-state index is 0.242. The van der Waals surface area contributed by atoms with E-state index in [1.54, 1.807) is 5.38 Å². The Morgan fingerprint density at radius 2 is 2.15 bits per heavy atom. The maximum absolute atomic E-state index is 11.7. The number of benzene rings is 1. The Hall–Kier alpha value is -2.19. The molecule has 1 atom stereocenters. The van der Waals surface area contributed by atoms with Gasteiger partial charge in [0.05, 0.1) is 0 Å². The molecular weight excluding hydrogens is 272 g/mol. The van der Waals surface area contributed by atoms with Crippen molar-refractivity contribution < 1.29 is 9.53 Å². The Kier molecular flexibility index (Phi) is 4.49. The Morgan fingerprint density at radius 3 is 2.75 bits per heavy atom. The van der Waals surface area contributed by atoms with Crippen LogP contribution in [-0.2, 0) is 11.2 Å². The Bertz CT molecular complexity index is 641. The van der Waals surface area contributed by atoms with Gasteiger partial charge in [0.1, 0.15) is 11.1 Å². The number of thiazole rings is 1. The van der Waals surface area contributed by atoms with E-state index in [2.05, 4.69) is 11.9 Å². The molecule has 5 heteroatoms. The molecule has 1 aromatic carbocycles. The average Bonchev–Trinajstić information content (AvgIpc) is 2.97. The number of hydrogen-bond donors (Lipinski definition) is 0. The minimum Gasteiger partial charge on any atom is -0.443 e. The number of carbonyl (C=O) groups excluding carboxylic acids is 1. The maximum Gasteiger partial charge on any atom is 0.359 e. The number of aryl methyl sites for hydroxylation is 1. The second kappa shape index (κ2) is 6.31. The lowest BCUT2D eigenvalue weighted by Crippen LogP contribution is -2.13. The summed E-state index contributed by atoms with van der Waals surface area (Å²) in [5, 5.41) is 11.0. The molecule has 0 N–H and O–H groups in total. The third kappa shape index (κ3) is 3.22. The van der Waals surface area contributed by atoms with Gasteiger partial charge in [0.2, 0.25) is 0 Å². The van der Waals surface area contributed by atoms with Crippen molar-refractivity contribution >= 4 is 17.3 Å². The van der Waals surface area contributed by atoms with E-state index in [4.69, 9.17) is 10.00 Å². The summed E-state index contributed by atoms with van der Waals surface area (Å²) in [5.41, 5.74) is 2.47. The molecule has 0 amide bonds. The van der Waals surface area contributed by atoms with E-state index in [1.807, 2.05) is 30.3 Å². The molecule has 20 heavy (non-hydrogen) atoms. The summed E-state index contributed by atoms with van der Waals surface area (Å²) in [6, 6.07) is 9.93. The van der Waals surface area contributed by atoms with Gasteiger partial charge in [-0.1, -0.05) is 31.2 Å². The van der Waals surface area contributed by atoms with Crippen LogP contribution >= 0.6 is 11.3 Å². The van der Waals surface area contributed by atoms with Crippen molar-refractivity contribution in [3.63, 3.8) is 0 Å². The van der Waals surface area contributed by atoms with Crippen molar-refractivity contribution in [1.82, 2.24) is 4.98 Å². The zero-order valence-corrected chi connectivity index (χ0v) is 12.1. The fourth-order valence-corrected chi connectivity index (χ4v) is 2.43. The van der Waals surface area contributed by atoms with Crippen molar-refractivity contribution in [3.8, 4) is 16.6 Å². The first-order chi connectivity index (χ1) is 9.63. The van der Waals surface area contributed by atoms with E-state index in [0.717, 1.165) is 17.0 Å². The van der Waals surface area contributed by atoms with Crippen LogP contribution in [-0.4, -0.2) is 17.1 Å². The lowest BCUT2D eigenvalue weighted by molar-refractivity contribution is 0.0429. The van der Waals surface area contributed by atoms with E-state index in [1.165, 1.54) is 23.8 Å². The second-order valence-electron chi connectivity index (χ2n) is 4.27. The quantitative estimate of drug-likeness (QED) is 0.808. The fourth-order valence-electron chi connectivity index (χ4n) is 1.63. The van der Waals surface area contributed by atoms with Crippen molar-refractivity contribution in [1.29, 1.82) is 5.26 Å². The Morgan fingerprint density at radius 1 is 1.45 bits per heavy atom. The minimum atomic E-state index is -0.767. The molecule has 0 saturated carbocycles. The Balaban J connectivity index is 2.16. The molecule has 0 spiro atoms. The van der Waals surface area contributed by atoms with Crippen LogP contribution in [0.25, 0.3) is 10.6 Å². The SMILES string of the molecule is CCc1ccc(-c2nc(C(=O)O[C@H](C)C#N)cs2)cc1. The second-order valence-corrected chi connectivity index (χ2v) is 5.12. The number of ether oxygens (including phenoxy) is 1. The van der Waals surface area contributed by atoms with Crippen LogP contribution in [0.4, 0.5) is 0 Å². The van der Waals surface area contributed by atoms with Crippen LogP contribution in [0.3, 0.4) is 0 Å². The maximum atomic E-state index is 11.7. The molecule has 0 fully saturated rings. The summed E-state index contributed by atoms with van der Waals surface area (Å²) in [6.45, 7) is 3.62. The molecule has 0 aliphatic heterocycles. The molecule has 2 rings (SSSR count). The van der Waals surface area contributed by atoms with Gasteiger partial charge in [-0.05, 0) is 18.9 Å². The largest absolute Gasteiger partial charge is 0.443 e. The summed E-state index contributed by atoms with van der Waals surface area (Å²) in [4.78, 5) is 16.0. The van der Waals surface area contributed by atoms with Crippen molar-refractivity contribution in [2.75, 3.05) is 0 Å². The molecule has 102 valence electrons. The van der Waals surface area contributed by atoms with Gasteiger partial charge >= 0.3 is 5.97 Å². The van der Waals surface area contributed by atoms with Gasteiger partial charge in [0.15, 0.2) is 11.8 Å². The molecule has 1 heterocycles. The molecule has 0 aliphatic rings. The zero-order chi connectivity index (χ0) is 14.5. The van der Waals surface area contributed by atoms with Crippen LogP contribution in [0, 0.1) is 11.3 Å². The number of hydrogen-bond acceptors (Lipinski definition) is 5. The highest BCUT2D eigenvalue weighted by atomic mass is 32.1. The molecule has 0 aliphatic carbocycles. The van der Waals surface area contributed by atoms with Crippen LogP contribution in [0.2, 0.25) is 0 Å². The number of nitriles is 1. The van der Waals surface area contributed by atoms with Gasteiger partial charge in [0.25, 0.3) is 0 Å². The summed E-state index contributed by atoms with van der Waals surface area (Å²) < 4.78 is 4.92. The molecule has 0 bridgehead atoms. The van der Waals surface area contributed by atoms with E-state index in [0.29, 0.717) is 0 Å². The molecule has 0 unspecified atom stereocenters. The topological polar surface area (TPSA) is 63.0 Å². The summed E-state index contributed by atoms with van der Waals surface area (Å²) in [7, 11) is 0. The van der Waals surface area contributed by atoms with Crippen LogP contribution in [0.1, 0.15) is 29.9 Å². The first-order valence-corrected chi connectivity index (χ1v) is 7.17. The van der Waals surface area contributed by atoms with Crippen LogP contribution in [0.15, 0.2) is 29.6 Å². The van der Waals surface area contributed by atoms with E-state index >= 15 is 0 Å². The molecular formula is C15H14N2O2S. The van der Waals surface area contributed by atoms with E-state index in [-0.39, 0.29) is 5.69 Å². The molecule has 0 saturated heterocycles. The monoisotopic (exact) mass is 286 g/mol. The van der Waals surface area contributed by atoms with Crippen LogP contribution in [0.5, 0.6) is 0 Å². The number of carbonyl (C=O) groups is 1. The first-order valence-electron chi connectivity index (χ1n) is 6.29. The normalized spacial score (nSPS) is 11.7. The summed E-state index contributed by atoms with van der Waals surface area (Å²) >= 11 is 1.38. The number of aromatic nitrogens is 1. The van der Waals surface area contributed by atoms with Crippen molar-refractivity contribution in [2.45, 2.75) is 26.4 Å². The van der Waals surface area contributed by atoms with Gasteiger partial charge in [-0.25, -0.2) is 9.78 Å². The van der Waals surface area contributed by atoms with Crippen molar-refractivity contribution in [3.05, 3.63) is 40.9 Å². The van der Waals surface area contributed by atoms with E-state index in [9.17, 15) is 4.79 Å². The predicted octanol–water partition coefficient (Wildman–Crippen LogP) is 3.44. The third-order valence-electron chi connectivity index (χ3n) is 2.79.